The Morgan fingerprint density at radius 1 is 1.08 bits per heavy atom. The summed E-state index contributed by atoms with van der Waals surface area (Å²) in [4.78, 5) is 25.9. The molecule has 1 aliphatic rings. The van der Waals surface area contributed by atoms with E-state index < -0.39 is 0 Å². The van der Waals surface area contributed by atoms with E-state index in [0.29, 0.717) is 13.1 Å². The van der Waals surface area contributed by atoms with Crippen LogP contribution >= 0.6 is 0 Å². The molecular weight excluding hydrogens is 451 g/mol. The highest BCUT2D eigenvalue weighted by atomic mass is 19.1. The minimum Gasteiger partial charge on any atom is -0.347 e. The Labute approximate surface area is 212 Å². The van der Waals surface area contributed by atoms with Crippen LogP contribution in [-0.4, -0.2) is 51.4 Å². The zero-order valence-electron chi connectivity index (χ0n) is 20.7. The fraction of sp³-hybridized carbons (Fsp3) is 0.333. The van der Waals surface area contributed by atoms with Crippen molar-refractivity contribution in [2.75, 3.05) is 19.6 Å². The molecule has 186 valence electrons. The number of hydrogen-bond donors (Lipinski definition) is 1. The number of imidazole rings is 1. The van der Waals surface area contributed by atoms with Gasteiger partial charge in [0.05, 0.1) is 18.1 Å². The van der Waals surface area contributed by atoms with Crippen LogP contribution in [0, 0.1) is 5.82 Å². The Balaban J connectivity index is 1.41. The molecule has 0 saturated carbocycles. The van der Waals surface area contributed by atoms with Crippen molar-refractivity contribution in [3.05, 3.63) is 102 Å². The van der Waals surface area contributed by atoms with Gasteiger partial charge >= 0.3 is 0 Å². The Kier molecular flexibility index (Phi) is 7.42. The molecule has 1 aromatic heterocycles. The van der Waals surface area contributed by atoms with Crippen molar-refractivity contribution in [2.45, 2.75) is 44.7 Å². The van der Waals surface area contributed by atoms with E-state index in [2.05, 4.69) is 33.9 Å². The second-order valence-electron chi connectivity index (χ2n) is 9.67. The average Bonchev–Trinajstić information content (AvgIpc) is 3.46. The monoisotopic (exact) mass is 484 g/mol. The lowest BCUT2D eigenvalue weighted by Gasteiger charge is -2.45. The van der Waals surface area contributed by atoms with Gasteiger partial charge in [0.15, 0.2) is 0 Å². The first-order valence-corrected chi connectivity index (χ1v) is 12.9. The van der Waals surface area contributed by atoms with Crippen molar-refractivity contribution in [1.82, 2.24) is 19.8 Å². The lowest BCUT2D eigenvalue weighted by atomic mass is 9.96. The van der Waals surface area contributed by atoms with Gasteiger partial charge in [-0.2, -0.15) is 0 Å². The van der Waals surface area contributed by atoms with Gasteiger partial charge in [0.2, 0.25) is 0 Å². The van der Waals surface area contributed by atoms with Crippen molar-refractivity contribution in [1.29, 1.82) is 0 Å². The normalized spacial score (nSPS) is 17.4. The SMILES string of the molecule is CCCCC1CN(C(=O)c2cccc3ccccc23)CCN1C(Cc1ccc(F)cc1)c1cnc[nH]1. The average molecular weight is 485 g/mol. The molecule has 5 nitrogen and oxygen atoms in total. The zero-order valence-corrected chi connectivity index (χ0v) is 20.7. The topological polar surface area (TPSA) is 52.2 Å². The van der Waals surface area contributed by atoms with E-state index in [4.69, 9.17) is 0 Å². The maximum atomic E-state index is 13.7. The summed E-state index contributed by atoms with van der Waals surface area (Å²) in [5, 5.41) is 2.09. The first-order valence-electron chi connectivity index (χ1n) is 12.9. The van der Waals surface area contributed by atoms with Crippen LogP contribution in [0.4, 0.5) is 4.39 Å². The molecule has 0 spiro atoms. The summed E-state index contributed by atoms with van der Waals surface area (Å²) in [6, 6.07) is 21.1. The third-order valence-corrected chi connectivity index (χ3v) is 7.35. The van der Waals surface area contributed by atoms with Gasteiger partial charge in [0.25, 0.3) is 5.91 Å². The molecule has 2 atom stereocenters. The summed E-state index contributed by atoms with van der Waals surface area (Å²) in [5.74, 6) is -0.122. The number of piperazine rings is 1. The summed E-state index contributed by atoms with van der Waals surface area (Å²) >= 11 is 0. The number of nitrogens with one attached hydrogen (secondary N) is 1. The van der Waals surface area contributed by atoms with Gasteiger partial charge in [0, 0.05) is 37.4 Å². The predicted molar refractivity (Wildman–Crippen MR) is 141 cm³/mol. The minimum absolute atomic E-state index is 0.0784. The van der Waals surface area contributed by atoms with Gasteiger partial charge < -0.3 is 9.88 Å². The molecule has 0 radical (unpaired) electrons. The van der Waals surface area contributed by atoms with Crippen molar-refractivity contribution < 1.29 is 9.18 Å². The van der Waals surface area contributed by atoms with Crippen LogP contribution in [0.25, 0.3) is 10.8 Å². The van der Waals surface area contributed by atoms with Gasteiger partial charge in [-0.25, -0.2) is 9.37 Å². The second-order valence-corrected chi connectivity index (χ2v) is 9.67. The number of halogens is 1. The van der Waals surface area contributed by atoms with E-state index in [9.17, 15) is 9.18 Å². The Morgan fingerprint density at radius 3 is 2.67 bits per heavy atom. The number of benzene rings is 3. The summed E-state index contributed by atoms with van der Waals surface area (Å²) in [5.41, 5.74) is 2.90. The number of rotatable bonds is 8. The van der Waals surface area contributed by atoms with Crippen LogP contribution in [-0.2, 0) is 6.42 Å². The third kappa shape index (κ3) is 5.19. The van der Waals surface area contributed by atoms with E-state index in [-0.39, 0.29) is 23.8 Å². The zero-order chi connectivity index (χ0) is 24.9. The van der Waals surface area contributed by atoms with Crippen LogP contribution in [0.1, 0.15) is 53.8 Å². The van der Waals surface area contributed by atoms with Crippen molar-refractivity contribution in [3.8, 4) is 0 Å². The van der Waals surface area contributed by atoms with Gasteiger partial charge in [-0.05, 0) is 47.4 Å². The summed E-state index contributed by atoms with van der Waals surface area (Å²) in [6.07, 6.45) is 7.58. The molecule has 0 bridgehead atoms. The summed E-state index contributed by atoms with van der Waals surface area (Å²) in [7, 11) is 0. The van der Waals surface area contributed by atoms with Gasteiger partial charge in [-0.1, -0.05) is 68.3 Å². The molecule has 1 saturated heterocycles. The Bertz CT molecular complexity index is 1280. The number of aromatic amines is 1. The van der Waals surface area contributed by atoms with Crippen LogP contribution in [0.3, 0.4) is 0 Å². The lowest BCUT2D eigenvalue weighted by molar-refractivity contribution is 0.0277. The fourth-order valence-electron chi connectivity index (χ4n) is 5.44. The number of carbonyl (C=O) groups excluding carboxylic acids is 1. The highest BCUT2D eigenvalue weighted by Crippen LogP contribution is 2.31. The van der Waals surface area contributed by atoms with Crippen LogP contribution in [0.2, 0.25) is 0 Å². The molecule has 6 heteroatoms. The van der Waals surface area contributed by atoms with Gasteiger partial charge in [-0.3, -0.25) is 9.69 Å². The smallest absolute Gasteiger partial charge is 0.254 e. The largest absolute Gasteiger partial charge is 0.347 e. The number of hydrogen-bond acceptors (Lipinski definition) is 3. The first kappa shape index (κ1) is 24.2. The Hall–Kier alpha value is -3.51. The maximum absolute atomic E-state index is 13.7. The van der Waals surface area contributed by atoms with Crippen LogP contribution in [0.15, 0.2) is 79.3 Å². The molecule has 5 rings (SSSR count). The molecule has 1 fully saturated rings. The van der Waals surface area contributed by atoms with E-state index in [0.717, 1.165) is 59.8 Å². The van der Waals surface area contributed by atoms with Crippen LogP contribution in [0.5, 0.6) is 0 Å². The molecule has 4 aromatic rings. The Morgan fingerprint density at radius 2 is 1.89 bits per heavy atom. The molecular formula is C30H33FN4O. The molecule has 2 unspecified atom stereocenters. The lowest BCUT2D eigenvalue weighted by Crippen LogP contribution is -2.56. The summed E-state index contributed by atoms with van der Waals surface area (Å²) in [6.45, 7) is 4.34. The number of carbonyl (C=O) groups is 1. The number of aromatic nitrogens is 2. The quantitative estimate of drug-likeness (QED) is 0.334. The maximum Gasteiger partial charge on any atom is 0.254 e. The highest BCUT2D eigenvalue weighted by Gasteiger charge is 2.35. The van der Waals surface area contributed by atoms with E-state index in [1.165, 1.54) is 12.1 Å². The van der Waals surface area contributed by atoms with Crippen molar-refractivity contribution in [2.24, 2.45) is 0 Å². The molecule has 3 aromatic carbocycles. The molecule has 0 aliphatic carbocycles. The number of nitrogens with zero attached hydrogens (tertiary/aromatic N) is 3. The molecule has 36 heavy (non-hydrogen) atoms. The van der Waals surface area contributed by atoms with Gasteiger partial charge in [-0.15, -0.1) is 0 Å². The third-order valence-electron chi connectivity index (χ3n) is 7.35. The molecule has 1 N–H and O–H groups in total. The number of H-pyrrole nitrogens is 1. The van der Waals surface area contributed by atoms with E-state index >= 15 is 0 Å². The first-order chi connectivity index (χ1) is 17.6. The van der Waals surface area contributed by atoms with Gasteiger partial charge in [0.1, 0.15) is 5.82 Å². The number of amides is 1. The molecule has 1 amide bonds. The van der Waals surface area contributed by atoms with Crippen molar-refractivity contribution >= 4 is 16.7 Å². The fourth-order valence-corrected chi connectivity index (χ4v) is 5.44. The number of unbranched alkanes of at least 4 members (excludes halogenated alkanes) is 1. The standard InChI is InChI=1S/C30H33FN4O/c1-2-3-9-25-20-34(30(36)27-11-6-8-23-7-4-5-10-26(23)27)16-17-35(25)29(28-19-32-21-33-28)18-22-12-14-24(31)15-13-22/h4-8,10-15,19,21,25,29H,2-3,9,16-18,20H2,1H3,(H,32,33). The number of fused-ring (bicyclic) bond motifs is 1. The summed E-state index contributed by atoms with van der Waals surface area (Å²) < 4.78 is 13.5. The second kappa shape index (κ2) is 11.0. The predicted octanol–water partition coefficient (Wildman–Crippen LogP) is 6.00. The van der Waals surface area contributed by atoms with E-state index in [1.54, 1.807) is 6.33 Å². The minimum atomic E-state index is -0.224. The van der Waals surface area contributed by atoms with E-state index in [1.807, 2.05) is 53.6 Å². The van der Waals surface area contributed by atoms with Crippen molar-refractivity contribution in [3.63, 3.8) is 0 Å². The molecule has 2 heterocycles. The van der Waals surface area contributed by atoms with Crippen LogP contribution < -0.4 is 0 Å². The highest BCUT2D eigenvalue weighted by molar-refractivity contribution is 6.07. The molecule has 1 aliphatic heterocycles.